The first kappa shape index (κ1) is 12.1. The summed E-state index contributed by atoms with van der Waals surface area (Å²) in [5, 5.41) is 9.74. The number of aryl methyl sites for hydroxylation is 2. The first-order chi connectivity index (χ1) is 7.95. The Hall–Kier alpha value is -1.40. The van der Waals surface area contributed by atoms with Crippen LogP contribution in [0.4, 0.5) is 5.69 Å². The van der Waals surface area contributed by atoms with E-state index >= 15 is 0 Å². The third-order valence-corrected chi connectivity index (χ3v) is 3.40. The summed E-state index contributed by atoms with van der Waals surface area (Å²) in [6.07, 6.45) is 0. The quantitative estimate of drug-likeness (QED) is 0.692. The Morgan fingerprint density at radius 1 is 1.65 bits per heavy atom. The summed E-state index contributed by atoms with van der Waals surface area (Å²) in [7, 11) is 0. The number of nitrogens with two attached hydrogens (primary N) is 1. The molecule has 94 valence electrons. The first-order valence-corrected chi connectivity index (χ1v) is 5.61. The van der Waals surface area contributed by atoms with Crippen LogP contribution in [0, 0.1) is 19.3 Å². The molecule has 17 heavy (non-hydrogen) atoms. The molecule has 1 aliphatic rings. The lowest BCUT2D eigenvalue weighted by Crippen LogP contribution is -2.47. The van der Waals surface area contributed by atoms with Gasteiger partial charge in [0.2, 0.25) is 5.91 Å². The highest BCUT2D eigenvalue weighted by Crippen LogP contribution is 2.29. The van der Waals surface area contributed by atoms with Crippen molar-refractivity contribution in [3.8, 4) is 0 Å². The number of hydrogen-bond donors (Lipinski definition) is 3. The van der Waals surface area contributed by atoms with Crippen LogP contribution in [-0.4, -0.2) is 35.4 Å². The summed E-state index contributed by atoms with van der Waals surface area (Å²) < 4.78 is 5.26. The number of nitrogens with one attached hydrogen (secondary N) is 2. The lowest BCUT2D eigenvalue weighted by molar-refractivity contribution is -0.125. The lowest BCUT2D eigenvalue weighted by Gasteiger charge is -2.25. The summed E-state index contributed by atoms with van der Waals surface area (Å²) >= 11 is 0. The largest absolute Gasteiger partial charge is 0.379 e. The highest BCUT2D eigenvalue weighted by molar-refractivity contribution is 5.96. The Morgan fingerprint density at radius 3 is 2.82 bits per heavy atom. The third-order valence-electron chi connectivity index (χ3n) is 3.40. The number of aromatic amines is 1. The van der Waals surface area contributed by atoms with Crippen LogP contribution in [-0.2, 0) is 9.53 Å². The minimum atomic E-state index is -0.670. The molecule has 6 heteroatoms. The van der Waals surface area contributed by atoms with E-state index in [1.807, 2.05) is 20.8 Å². The molecule has 4 N–H and O–H groups in total. The second-order valence-corrected chi connectivity index (χ2v) is 4.80. The monoisotopic (exact) mass is 238 g/mol. The molecule has 1 saturated heterocycles. The zero-order chi connectivity index (χ0) is 12.6. The molecule has 6 nitrogen and oxygen atoms in total. The normalized spacial score (nSPS) is 28.4. The molecule has 0 saturated carbocycles. The molecule has 2 atom stereocenters. The highest BCUT2D eigenvalue weighted by Gasteiger charge is 2.44. The molecule has 2 heterocycles. The Labute approximate surface area is 99.9 Å². The van der Waals surface area contributed by atoms with Crippen molar-refractivity contribution >= 4 is 11.6 Å². The maximum atomic E-state index is 12.2. The van der Waals surface area contributed by atoms with Crippen molar-refractivity contribution in [3.63, 3.8) is 0 Å². The van der Waals surface area contributed by atoms with Crippen molar-refractivity contribution in [2.24, 2.45) is 11.1 Å². The van der Waals surface area contributed by atoms with Gasteiger partial charge in [0, 0.05) is 6.04 Å². The van der Waals surface area contributed by atoms with Crippen LogP contribution < -0.4 is 11.1 Å². The molecule has 0 spiro atoms. The molecule has 1 aliphatic heterocycles. The lowest BCUT2D eigenvalue weighted by atomic mass is 9.85. The summed E-state index contributed by atoms with van der Waals surface area (Å²) in [6, 6.07) is -0.269. The second-order valence-electron chi connectivity index (χ2n) is 4.80. The van der Waals surface area contributed by atoms with Gasteiger partial charge in [0.05, 0.1) is 35.7 Å². The predicted octanol–water partition coefficient (Wildman–Crippen LogP) is 0.329. The average Bonchev–Trinajstić information content (AvgIpc) is 2.77. The van der Waals surface area contributed by atoms with Crippen LogP contribution in [0.3, 0.4) is 0 Å². The van der Waals surface area contributed by atoms with Crippen LogP contribution >= 0.6 is 0 Å². The fourth-order valence-corrected chi connectivity index (χ4v) is 1.91. The van der Waals surface area contributed by atoms with Gasteiger partial charge in [-0.25, -0.2) is 0 Å². The molecule has 2 rings (SSSR count). The molecule has 1 fully saturated rings. The van der Waals surface area contributed by atoms with Gasteiger partial charge < -0.3 is 15.8 Å². The summed E-state index contributed by atoms with van der Waals surface area (Å²) in [5.74, 6) is -0.116. The van der Waals surface area contributed by atoms with E-state index in [1.165, 1.54) is 0 Å². The van der Waals surface area contributed by atoms with E-state index in [4.69, 9.17) is 10.5 Å². The Morgan fingerprint density at radius 2 is 2.35 bits per heavy atom. The average molecular weight is 238 g/mol. The van der Waals surface area contributed by atoms with Crippen molar-refractivity contribution in [2.45, 2.75) is 26.8 Å². The van der Waals surface area contributed by atoms with Gasteiger partial charge in [0.15, 0.2) is 0 Å². The SMILES string of the molecule is Cc1n[nH]c(C)c1NC(=O)C1(C)COCC1N. The number of H-pyrrole nitrogens is 1. The van der Waals surface area contributed by atoms with E-state index in [0.29, 0.717) is 13.2 Å². The van der Waals surface area contributed by atoms with Crippen LogP contribution in [0.25, 0.3) is 0 Å². The van der Waals surface area contributed by atoms with Crippen molar-refractivity contribution in [3.05, 3.63) is 11.4 Å². The molecular formula is C11H18N4O2. The Bertz CT molecular complexity index is 423. The topological polar surface area (TPSA) is 93.0 Å². The number of anilines is 1. The van der Waals surface area contributed by atoms with Crippen LogP contribution in [0.15, 0.2) is 0 Å². The van der Waals surface area contributed by atoms with Gasteiger partial charge in [-0.1, -0.05) is 0 Å². The van der Waals surface area contributed by atoms with Gasteiger partial charge in [-0.05, 0) is 20.8 Å². The number of hydrogen-bond acceptors (Lipinski definition) is 4. The van der Waals surface area contributed by atoms with Crippen molar-refractivity contribution in [1.29, 1.82) is 0 Å². The summed E-state index contributed by atoms with van der Waals surface area (Å²) in [4.78, 5) is 12.2. The molecular weight excluding hydrogens is 220 g/mol. The zero-order valence-corrected chi connectivity index (χ0v) is 10.3. The maximum Gasteiger partial charge on any atom is 0.234 e. The van der Waals surface area contributed by atoms with Crippen molar-refractivity contribution in [1.82, 2.24) is 10.2 Å². The maximum absolute atomic E-state index is 12.2. The molecule has 0 radical (unpaired) electrons. The molecule has 1 amide bonds. The number of carbonyl (C=O) groups excluding carboxylic acids is 1. The second kappa shape index (κ2) is 4.12. The van der Waals surface area contributed by atoms with E-state index in [2.05, 4.69) is 15.5 Å². The standard InChI is InChI=1S/C11H18N4O2/c1-6-9(7(2)15-14-6)13-10(16)11(3)5-17-4-8(11)12/h8H,4-5,12H2,1-3H3,(H,13,16)(H,14,15). The zero-order valence-electron chi connectivity index (χ0n) is 10.3. The van der Waals surface area contributed by atoms with E-state index in [0.717, 1.165) is 17.1 Å². The number of amides is 1. The number of nitrogens with zero attached hydrogens (tertiary/aromatic N) is 1. The molecule has 0 aliphatic carbocycles. The number of carbonyl (C=O) groups is 1. The minimum absolute atomic E-state index is 0.116. The smallest absolute Gasteiger partial charge is 0.234 e. The van der Waals surface area contributed by atoms with E-state index in [1.54, 1.807) is 0 Å². The highest BCUT2D eigenvalue weighted by atomic mass is 16.5. The molecule has 2 unspecified atom stereocenters. The van der Waals surface area contributed by atoms with E-state index in [9.17, 15) is 4.79 Å². The molecule has 0 bridgehead atoms. The van der Waals surface area contributed by atoms with Crippen molar-refractivity contribution < 1.29 is 9.53 Å². The minimum Gasteiger partial charge on any atom is -0.379 e. The van der Waals surface area contributed by atoms with E-state index < -0.39 is 5.41 Å². The summed E-state index contributed by atoms with van der Waals surface area (Å²) in [6.45, 7) is 6.31. The fourth-order valence-electron chi connectivity index (χ4n) is 1.91. The molecule has 1 aromatic rings. The number of rotatable bonds is 2. The van der Waals surface area contributed by atoms with Gasteiger partial charge in [-0.15, -0.1) is 0 Å². The summed E-state index contributed by atoms with van der Waals surface area (Å²) in [5.41, 5.74) is 7.58. The number of aromatic nitrogens is 2. The van der Waals surface area contributed by atoms with Gasteiger partial charge in [0.25, 0.3) is 0 Å². The molecule has 0 aromatic carbocycles. The van der Waals surface area contributed by atoms with Gasteiger partial charge >= 0.3 is 0 Å². The number of ether oxygens (including phenoxy) is 1. The van der Waals surface area contributed by atoms with Gasteiger partial charge in [-0.2, -0.15) is 5.10 Å². The molecule has 1 aromatic heterocycles. The van der Waals surface area contributed by atoms with Gasteiger partial charge in [0.1, 0.15) is 0 Å². The van der Waals surface area contributed by atoms with Crippen LogP contribution in [0.2, 0.25) is 0 Å². The van der Waals surface area contributed by atoms with Gasteiger partial charge in [-0.3, -0.25) is 9.89 Å². The van der Waals surface area contributed by atoms with E-state index in [-0.39, 0.29) is 11.9 Å². The predicted molar refractivity (Wildman–Crippen MR) is 63.6 cm³/mol. The Balaban J connectivity index is 2.17. The fraction of sp³-hybridized carbons (Fsp3) is 0.636. The van der Waals surface area contributed by atoms with Crippen molar-refractivity contribution in [2.75, 3.05) is 18.5 Å². The Kier molecular flexibility index (Phi) is 2.92. The van der Waals surface area contributed by atoms with Crippen LogP contribution in [0.5, 0.6) is 0 Å². The first-order valence-electron chi connectivity index (χ1n) is 5.61. The third kappa shape index (κ3) is 1.94. The van der Waals surface area contributed by atoms with Crippen LogP contribution in [0.1, 0.15) is 18.3 Å².